The van der Waals surface area contributed by atoms with E-state index in [-0.39, 0.29) is 18.9 Å². The number of carbonyl (C=O) groups excluding carboxylic acids is 1. The van der Waals surface area contributed by atoms with Crippen molar-refractivity contribution in [2.75, 3.05) is 19.8 Å². The van der Waals surface area contributed by atoms with Crippen LogP contribution in [0, 0.1) is 0 Å². The van der Waals surface area contributed by atoms with Crippen LogP contribution in [0.15, 0.2) is 36.5 Å². The molecule has 0 radical (unpaired) electrons. The Morgan fingerprint density at radius 1 is 0.480 bits per heavy atom. The van der Waals surface area contributed by atoms with Gasteiger partial charge in [-0.25, -0.2) is 0 Å². The van der Waals surface area contributed by atoms with Crippen LogP contribution in [0.2, 0.25) is 0 Å². The summed E-state index contributed by atoms with van der Waals surface area (Å²) in [5.74, 6) is -0.242. The molecule has 0 spiro atoms. The Morgan fingerprint density at radius 2 is 0.880 bits per heavy atom. The lowest BCUT2D eigenvalue weighted by atomic mass is 9.97. The maximum atomic E-state index is 13.3. The lowest BCUT2D eigenvalue weighted by molar-refractivity contribution is -0.359. The van der Waals surface area contributed by atoms with Crippen LogP contribution in [0.1, 0.15) is 251 Å². The Kier molecular flexibility index (Phi) is 43.5. The highest BCUT2D eigenvalue weighted by Crippen LogP contribution is 2.30. The zero-order valence-corrected chi connectivity index (χ0v) is 47.3. The number of carbonyl (C=O) groups is 1. The molecule has 440 valence electrons. The van der Waals surface area contributed by atoms with Crippen molar-refractivity contribution >= 4 is 5.91 Å². The molecule has 2 fully saturated rings. The minimum Gasteiger partial charge on any atom is -0.394 e. The summed E-state index contributed by atoms with van der Waals surface area (Å²) in [6.07, 6.45) is 40.3. The number of rotatable bonds is 49. The highest BCUT2D eigenvalue weighted by Gasteiger charge is 2.51. The molecule has 75 heavy (non-hydrogen) atoms. The monoisotopic (exact) mass is 1070 g/mol. The fourth-order valence-electron chi connectivity index (χ4n) is 10.1. The zero-order valence-electron chi connectivity index (χ0n) is 47.3. The molecule has 0 aliphatic carbocycles. The molecule has 12 unspecified atom stereocenters. The van der Waals surface area contributed by atoms with Gasteiger partial charge in [-0.2, -0.15) is 0 Å². The van der Waals surface area contributed by atoms with Crippen molar-refractivity contribution in [2.45, 2.75) is 325 Å². The number of aliphatic hydroxyl groups excluding tert-OH is 8. The largest absolute Gasteiger partial charge is 0.394 e. The van der Waals surface area contributed by atoms with Gasteiger partial charge in [0, 0.05) is 6.42 Å². The van der Waals surface area contributed by atoms with E-state index in [9.17, 15) is 45.6 Å². The first-order chi connectivity index (χ1) is 36.6. The molecule has 0 aromatic heterocycles. The van der Waals surface area contributed by atoms with E-state index < -0.39 is 86.8 Å². The molecule has 0 aromatic rings. The Bertz CT molecular complexity index is 1400. The predicted octanol–water partition coefficient (Wildman–Crippen LogP) is 10.6. The van der Waals surface area contributed by atoms with Gasteiger partial charge in [0.25, 0.3) is 0 Å². The third-order valence-corrected chi connectivity index (χ3v) is 15.1. The fraction of sp³-hybridized carbons (Fsp3) is 0.885. The first kappa shape index (κ1) is 69.3. The second kappa shape index (κ2) is 47.1. The van der Waals surface area contributed by atoms with E-state index in [0.29, 0.717) is 6.42 Å². The molecule has 2 aliphatic heterocycles. The number of hydrogen-bond donors (Lipinski definition) is 9. The Hall–Kier alpha value is -1.79. The molecule has 0 aromatic carbocycles. The van der Waals surface area contributed by atoms with E-state index >= 15 is 0 Å². The van der Waals surface area contributed by atoms with Crippen LogP contribution in [0.3, 0.4) is 0 Å². The van der Waals surface area contributed by atoms with Crippen LogP contribution in [0.5, 0.6) is 0 Å². The molecule has 14 heteroatoms. The van der Waals surface area contributed by atoms with Crippen LogP contribution in [0.25, 0.3) is 0 Å². The van der Waals surface area contributed by atoms with E-state index in [0.717, 1.165) is 51.4 Å². The number of hydrogen-bond acceptors (Lipinski definition) is 13. The first-order valence-electron chi connectivity index (χ1n) is 30.7. The van der Waals surface area contributed by atoms with Crippen molar-refractivity contribution in [3.8, 4) is 0 Å². The number of ether oxygens (including phenoxy) is 4. The van der Waals surface area contributed by atoms with E-state index in [2.05, 4.69) is 43.5 Å². The van der Waals surface area contributed by atoms with Crippen molar-refractivity contribution in [1.29, 1.82) is 0 Å². The third kappa shape index (κ3) is 32.8. The zero-order chi connectivity index (χ0) is 54.6. The average Bonchev–Trinajstić information content (AvgIpc) is 3.41. The van der Waals surface area contributed by atoms with Crippen LogP contribution < -0.4 is 5.32 Å². The van der Waals surface area contributed by atoms with Crippen molar-refractivity contribution < 1.29 is 64.6 Å². The molecular weight excluding hydrogens is 955 g/mol. The van der Waals surface area contributed by atoms with Crippen molar-refractivity contribution in [3.63, 3.8) is 0 Å². The summed E-state index contributed by atoms with van der Waals surface area (Å²) >= 11 is 0. The average molecular weight is 1070 g/mol. The normalized spacial score (nSPS) is 25.3. The maximum absolute atomic E-state index is 13.3. The first-order valence-corrected chi connectivity index (χ1v) is 30.7. The Morgan fingerprint density at radius 3 is 1.36 bits per heavy atom. The summed E-state index contributed by atoms with van der Waals surface area (Å²) in [6.45, 7) is 2.79. The van der Waals surface area contributed by atoms with E-state index in [1.165, 1.54) is 173 Å². The molecule has 9 N–H and O–H groups in total. The van der Waals surface area contributed by atoms with Gasteiger partial charge in [-0.1, -0.05) is 230 Å². The van der Waals surface area contributed by atoms with Gasteiger partial charge in [0.15, 0.2) is 12.6 Å². The summed E-state index contributed by atoms with van der Waals surface area (Å²) in [5.41, 5.74) is 0. The fourth-order valence-corrected chi connectivity index (χ4v) is 10.1. The van der Waals surface area contributed by atoms with Gasteiger partial charge in [0.1, 0.15) is 48.8 Å². The molecule has 2 saturated heterocycles. The summed E-state index contributed by atoms with van der Waals surface area (Å²) in [5, 5.41) is 87.2. The molecule has 2 aliphatic rings. The quantitative estimate of drug-likeness (QED) is 0.0204. The van der Waals surface area contributed by atoms with Gasteiger partial charge in [0.2, 0.25) is 5.91 Å². The Labute approximate surface area is 455 Å². The van der Waals surface area contributed by atoms with Crippen LogP contribution >= 0.6 is 0 Å². The van der Waals surface area contributed by atoms with Crippen LogP contribution in [0.4, 0.5) is 0 Å². The lowest BCUT2D eigenvalue weighted by Gasteiger charge is -2.46. The Balaban J connectivity index is 1.76. The molecule has 1 amide bonds. The molecule has 2 heterocycles. The number of aliphatic hydroxyl groups is 8. The second-order valence-corrected chi connectivity index (χ2v) is 21.8. The molecule has 14 nitrogen and oxygen atoms in total. The van der Waals surface area contributed by atoms with Gasteiger partial charge in [-0.3, -0.25) is 4.79 Å². The summed E-state index contributed by atoms with van der Waals surface area (Å²) < 4.78 is 22.8. The van der Waals surface area contributed by atoms with Gasteiger partial charge in [-0.15, -0.1) is 0 Å². The standard InChI is InChI=1S/C61H113NO13/c1-3-5-7-9-11-13-15-17-19-21-23-24-25-27-28-30-32-34-36-38-40-42-44-50(65)49(62-53(66)45-43-41-39-37-35-33-31-29-26-22-20-18-16-14-12-10-8-6-4-2)48-72-60-58(71)56(69)59(52(47-64)74-60)75-61-57(70)55(68)54(67)51(46-63)73-61/h12,14,18,20,42,44,49-52,54-61,63-65,67-71H,3-11,13,15-17,19,21-41,43,45-48H2,1-2H3,(H,62,66)/b14-12-,20-18-,44-42+. The van der Waals surface area contributed by atoms with Crippen LogP contribution in [-0.2, 0) is 23.7 Å². The summed E-state index contributed by atoms with van der Waals surface area (Å²) in [4.78, 5) is 13.3. The maximum Gasteiger partial charge on any atom is 0.220 e. The smallest absolute Gasteiger partial charge is 0.220 e. The number of amides is 1. The predicted molar refractivity (Wildman–Crippen MR) is 300 cm³/mol. The van der Waals surface area contributed by atoms with Crippen molar-refractivity contribution in [3.05, 3.63) is 36.5 Å². The van der Waals surface area contributed by atoms with Gasteiger partial charge < -0.3 is 65.1 Å². The SMILES string of the molecule is CCCCC/C=C\C/C=C\CCCCCCCCCCCC(=O)NC(COC1OC(CO)C(OC2OC(CO)C(O)C(O)C2O)C(O)C1O)C(O)/C=C/CCCCCCCCCCCCCCCCCCCCCC. The van der Waals surface area contributed by atoms with Crippen molar-refractivity contribution in [2.24, 2.45) is 0 Å². The topological polar surface area (TPSA) is 228 Å². The van der Waals surface area contributed by atoms with Crippen LogP contribution in [-0.4, -0.2) is 140 Å². The van der Waals surface area contributed by atoms with E-state index in [4.69, 9.17) is 18.9 Å². The molecule has 12 atom stereocenters. The lowest BCUT2D eigenvalue weighted by Crippen LogP contribution is -2.65. The van der Waals surface area contributed by atoms with E-state index in [1.54, 1.807) is 6.08 Å². The second-order valence-electron chi connectivity index (χ2n) is 21.8. The van der Waals surface area contributed by atoms with Crippen molar-refractivity contribution in [1.82, 2.24) is 5.32 Å². The molecule has 0 saturated carbocycles. The number of unbranched alkanes of at least 4 members (excludes halogenated alkanes) is 32. The molecule has 0 bridgehead atoms. The highest BCUT2D eigenvalue weighted by atomic mass is 16.7. The highest BCUT2D eigenvalue weighted by molar-refractivity contribution is 5.76. The van der Waals surface area contributed by atoms with Gasteiger partial charge in [0.05, 0.1) is 32.0 Å². The number of nitrogens with one attached hydrogen (secondary N) is 1. The molecular formula is C61H113NO13. The summed E-state index contributed by atoms with van der Waals surface area (Å²) in [7, 11) is 0. The summed E-state index contributed by atoms with van der Waals surface area (Å²) in [6, 6.07) is -0.917. The molecule has 2 rings (SSSR count). The van der Waals surface area contributed by atoms with Gasteiger partial charge in [-0.05, 0) is 51.4 Å². The number of allylic oxidation sites excluding steroid dienone is 5. The van der Waals surface area contributed by atoms with E-state index in [1.807, 2.05) is 6.08 Å². The minimum atomic E-state index is -1.79. The minimum absolute atomic E-state index is 0.242. The third-order valence-electron chi connectivity index (χ3n) is 15.1. The van der Waals surface area contributed by atoms with Gasteiger partial charge >= 0.3 is 0 Å².